The van der Waals surface area contributed by atoms with Gasteiger partial charge in [-0.05, 0) is 49.6 Å². The van der Waals surface area contributed by atoms with E-state index in [1.807, 2.05) is 0 Å². The molecule has 1 aliphatic rings. The molecule has 4 atom stereocenters. The van der Waals surface area contributed by atoms with E-state index < -0.39 is 0 Å². The first-order valence-corrected chi connectivity index (χ1v) is 8.04. The second-order valence-corrected chi connectivity index (χ2v) is 6.88. The van der Waals surface area contributed by atoms with Gasteiger partial charge in [0.2, 0.25) is 0 Å². The quantitative estimate of drug-likeness (QED) is 0.893. The fraction of sp³-hybridized carbons (Fsp3) is 0.667. The lowest BCUT2D eigenvalue weighted by Crippen LogP contribution is -2.46. The summed E-state index contributed by atoms with van der Waals surface area (Å²) in [6.07, 6.45) is 3.66. The van der Waals surface area contributed by atoms with Crippen molar-refractivity contribution in [1.29, 1.82) is 0 Å². The van der Waals surface area contributed by atoms with Crippen LogP contribution >= 0.6 is 0 Å². The predicted octanol–water partition coefficient (Wildman–Crippen LogP) is 3.17. The van der Waals surface area contributed by atoms with Gasteiger partial charge in [0.25, 0.3) is 0 Å². The maximum atomic E-state index is 6.39. The zero-order valence-corrected chi connectivity index (χ0v) is 13.3. The van der Waals surface area contributed by atoms with E-state index in [1.165, 1.54) is 18.4 Å². The second kappa shape index (κ2) is 7.24. The molecule has 0 amide bonds. The summed E-state index contributed by atoms with van der Waals surface area (Å²) in [4.78, 5) is 2.46. The van der Waals surface area contributed by atoms with Crippen LogP contribution in [0.5, 0.6) is 0 Å². The highest BCUT2D eigenvalue weighted by atomic mass is 15.1. The molecule has 1 fully saturated rings. The third kappa shape index (κ3) is 4.32. The number of nitrogens with two attached hydrogens (primary N) is 1. The van der Waals surface area contributed by atoms with Gasteiger partial charge >= 0.3 is 0 Å². The molecule has 4 unspecified atom stereocenters. The summed E-state index contributed by atoms with van der Waals surface area (Å²) in [6.45, 7) is 6.98. The number of nitrogens with zero attached hydrogens (tertiary/aromatic N) is 1. The van der Waals surface area contributed by atoms with E-state index in [9.17, 15) is 0 Å². The van der Waals surface area contributed by atoms with Crippen LogP contribution in [0.3, 0.4) is 0 Å². The molecule has 1 aromatic rings. The van der Waals surface area contributed by atoms with Crippen LogP contribution < -0.4 is 5.73 Å². The van der Waals surface area contributed by atoms with Gasteiger partial charge < -0.3 is 10.6 Å². The number of hydrogen-bond acceptors (Lipinski definition) is 2. The molecule has 0 heterocycles. The molecule has 20 heavy (non-hydrogen) atoms. The largest absolute Gasteiger partial charge is 0.327 e. The molecular weight excluding hydrogens is 244 g/mol. The third-order valence-electron chi connectivity index (χ3n) is 4.88. The van der Waals surface area contributed by atoms with Crippen molar-refractivity contribution in [1.82, 2.24) is 4.90 Å². The zero-order valence-electron chi connectivity index (χ0n) is 13.3. The van der Waals surface area contributed by atoms with Crippen molar-refractivity contribution in [2.45, 2.75) is 39.2 Å². The molecule has 2 heteroatoms. The number of benzene rings is 1. The molecule has 0 bridgehead atoms. The summed E-state index contributed by atoms with van der Waals surface area (Å²) in [5.74, 6) is 2.21. The van der Waals surface area contributed by atoms with Crippen LogP contribution in [0.15, 0.2) is 30.3 Å². The van der Waals surface area contributed by atoms with Crippen molar-refractivity contribution < 1.29 is 0 Å². The molecule has 0 saturated heterocycles. The van der Waals surface area contributed by atoms with Crippen molar-refractivity contribution >= 4 is 0 Å². The summed E-state index contributed by atoms with van der Waals surface area (Å²) in [5, 5.41) is 0. The molecule has 2 nitrogen and oxygen atoms in total. The molecule has 1 aromatic carbocycles. The number of rotatable bonds is 5. The van der Waals surface area contributed by atoms with Gasteiger partial charge in [0.05, 0.1) is 0 Å². The van der Waals surface area contributed by atoms with E-state index in [0.717, 1.165) is 31.3 Å². The first-order valence-electron chi connectivity index (χ1n) is 8.04. The van der Waals surface area contributed by atoms with Crippen LogP contribution in [0.2, 0.25) is 0 Å². The molecule has 0 spiro atoms. The van der Waals surface area contributed by atoms with Gasteiger partial charge in [-0.1, -0.05) is 44.2 Å². The summed E-state index contributed by atoms with van der Waals surface area (Å²) in [5.41, 5.74) is 7.81. The molecule has 2 rings (SSSR count). The summed E-state index contributed by atoms with van der Waals surface area (Å²) >= 11 is 0. The maximum Gasteiger partial charge on any atom is 0.00844 e. The smallest absolute Gasteiger partial charge is 0.00844 e. The molecule has 1 saturated carbocycles. The average Bonchev–Trinajstić information content (AvgIpc) is 2.42. The monoisotopic (exact) mass is 274 g/mol. The highest BCUT2D eigenvalue weighted by Crippen LogP contribution is 2.33. The van der Waals surface area contributed by atoms with Crippen molar-refractivity contribution in [3.8, 4) is 0 Å². The SMILES string of the molecule is CC1CC(C)C(CN(C)CCc2ccccc2)C(N)C1. The van der Waals surface area contributed by atoms with Gasteiger partial charge in [-0.15, -0.1) is 0 Å². The fourth-order valence-electron chi connectivity index (χ4n) is 3.70. The lowest BCUT2D eigenvalue weighted by atomic mass is 9.72. The van der Waals surface area contributed by atoms with Gasteiger partial charge in [0, 0.05) is 19.1 Å². The summed E-state index contributed by atoms with van der Waals surface area (Å²) < 4.78 is 0. The molecule has 112 valence electrons. The fourth-order valence-corrected chi connectivity index (χ4v) is 3.70. The standard InChI is InChI=1S/C18H30N2/c1-14-11-15(2)17(18(19)12-14)13-20(3)10-9-16-7-5-4-6-8-16/h4-8,14-15,17-18H,9-13,19H2,1-3H3. The first kappa shape index (κ1) is 15.5. The van der Waals surface area contributed by atoms with Gasteiger partial charge in [-0.3, -0.25) is 0 Å². The van der Waals surface area contributed by atoms with Crippen LogP contribution in [0.4, 0.5) is 0 Å². The van der Waals surface area contributed by atoms with E-state index in [2.05, 4.69) is 56.1 Å². The Balaban J connectivity index is 1.80. The van der Waals surface area contributed by atoms with Crippen LogP contribution in [-0.2, 0) is 6.42 Å². The number of likely N-dealkylation sites (N-methyl/N-ethyl adjacent to an activating group) is 1. The Morgan fingerprint density at radius 1 is 1.15 bits per heavy atom. The molecular formula is C18H30N2. The molecule has 0 aromatic heterocycles. The normalized spacial score (nSPS) is 30.6. The van der Waals surface area contributed by atoms with Crippen LogP contribution in [0, 0.1) is 17.8 Å². The van der Waals surface area contributed by atoms with Crippen LogP contribution in [-0.4, -0.2) is 31.1 Å². The minimum atomic E-state index is 0.382. The number of hydrogen-bond donors (Lipinski definition) is 1. The zero-order chi connectivity index (χ0) is 14.5. The van der Waals surface area contributed by atoms with Gasteiger partial charge in [0.1, 0.15) is 0 Å². The van der Waals surface area contributed by atoms with E-state index in [1.54, 1.807) is 0 Å². The van der Waals surface area contributed by atoms with E-state index >= 15 is 0 Å². The van der Waals surface area contributed by atoms with Crippen molar-refractivity contribution in [2.75, 3.05) is 20.1 Å². The Kier molecular flexibility index (Phi) is 5.62. The Morgan fingerprint density at radius 2 is 1.85 bits per heavy atom. The molecule has 1 aliphatic carbocycles. The average molecular weight is 274 g/mol. The maximum absolute atomic E-state index is 6.39. The Labute approximate surface area is 124 Å². The van der Waals surface area contributed by atoms with Gasteiger partial charge in [-0.2, -0.15) is 0 Å². The Hall–Kier alpha value is -0.860. The molecule has 2 N–H and O–H groups in total. The van der Waals surface area contributed by atoms with Crippen molar-refractivity contribution in [2.24, 2.45) is 23.5 Å². The Bertz CT molecular complexity index is 378. The Morgan fingerprint density at radius 3 is 2.50 bits per heavy atom. The van der Waals surface area contributed by atoms with E-state index in [-0.39, 0.29) is 0 Å². The lowest BCUT2D eigenvalue weighted by Gasteiger charge is -2.39. The first-order chi connectivity index (χ1) is 9.56. The topological polar surface area (TPSA) is 29.3 Å². The predicted molar refractivity (Wildman–Crippen MR) is 86.7 cm³/mol. The lowest BCUT2D eigenvalue weighted by molar-refractivity contribution is 0.130. The second-order valence-electron chi connectivity index (χ2n) is 6.88. The summed E-state index contributed by atoms with van der Waals surface area (Å²) in [6, 6.07) is 11.1. The van der Waals surface area contributed by atoms with Crippen molar-refractivity contribution in [3.05, 3.63) is 35.9 Å². The molecule has 0 radical (unpaired) electrons. The van der Waals surface area contributed by atoms with E-state index in [0.29, 0.717) is 12.0 Å². The van der Waals surface area contributed by atoms with Crippen molar-refractivity contribution in [3.63, 3.8) is 0 Å². The molecule has 0 aliphatic heterocycles. The van der Waals surface area contributed by atoms with E-state index in [4.69, 9.17) is 5.73 Å². The van der Waals surface area contributed by atoms with Gasteiger partial charge in [-0.25, -0.2) is 0 Å². The highest BCUT2D eigenvalue weighted by molar-refractivity contribution is 5.14. The highest BCUT2D eigenvalue weighted by Gasteiger charge is 2.32. The van der Waals surface area contributed by atoms with Gasteiger partial charge in [0.15, 0.2) is 0 Å². The van der Waals surface area contributed by atoms with Crippen LogP contribution in [0.25, 0.3) is 0 Å². The minimum Gasteiger partial charge on any atom is -0.327 e. The minimum absolute atomic E-state index is 0.382. The summed E-state index contributed by atoms with van der Waals surface area (Å²) in [7, 11) is 2.24. The third-order valence-corrected chi connectivity index (χ3v) is 4.88. The van der Waals surface area contributed by atoms with Crippen LogP contribution in [0.1, 0.15) is 32.3 Å².